The molecule has 1 N–H and O–H groups in total. The van der Waals surface area contributed by atoms with Crippen LogP contribution < -0.4 is 5.32 Å². The van der Waals surface area contributed by atoms with Crippen molar-refractivity contribution in [1.82, 2.24) is 19.5 Å². The number of hydrogen-bond acceptors (Lipinski definition) is 4. The number of nitrogens with one attached hydrogen (secondary N) is 1. The molecule has 1 aliphatic rings. The van der Waals surface area contributed by atoms with Crippen molar-refractivity contribution in [3.8, 4) is 0 Å². The molecule has 1 fully saturated rings. The molecule has 7 heteroatoms. The number of urea groups is 1. The maximum Gasteiger partial charge on any atom is 0.317 e. The summed E-state index contributed by atoms with van der Waals surface area (Å²) in [5.74, 6) is -0.0412. The lowest BCUT2D eigenvalue weighted by Crippen LogP contribution is -2.53. The molecule has 1 aromatic heterocycles. The number of piperazine rings is 1. The van der Waals surface area contributed by atoms with E-state index < -0.39 is 0 Å². The first kappa shape index (κ1) is 16.7. The molecule has 0 atom stereocenters. The first-order valence-corrected chi connectivity index (χ1v) is 9.05. The molecular formula is C17H22N4O2S. The fourth-order valence-electron chi connectivity index (χ4n) is 2.81. The Morgan fingerprint density at radius 1 is 1.21 bits per heavy atom. The van der Waals surface area contributed by atoms with E-state index in [9.17, 15) is 9.59 Å². The van der Waals surface area contributed by atoms with Crippen molar-refractivity contribution in [2.45, 2.75) is 20.3 Å². The van der Waals surface area contributed by atoms with Crippen molar-refractivity contribution in [2.75, 3.05) is 32.7 Å². The van der Waals surface area contributed by atoms with Gasteiger partial charge in [-0.25, -0.2) is 4.79 Å². The van der Waals surface area contributed by atoms with Gasteiger partial charge in [-0.2, -0.15) is 4.37 Å². The van der Waals surface area contributed by atoms with Gasteiger partial charge in [-0.3, -0.25) is 4.79 Å². The lowest BCUT2D eigenvalue weighted by atomic mass is 10.1. The second-order valence-electron chi connectivity index (χ2n) is 6.04. The van der Waals surface area contributed by atoms with Gasteiger partial charge in [-0.05, 0) is 37.0 Å². The van der Waals surface area contributed by atoms with Crippen molar-refractivity contribution >= 4 is 33.6 Å². The van der Waals surface area contributed by atoms with Gasteiger partial charge in [-0.1, -0.05) is 18.6 Å². The first-order valence-electron chi connectivity index (χ1n) is 8.28. The number of carbonyl (C=O) groups excluding carboxylic acids is 2. The summed E-state index contributed by atoms with van der Waals surface area (Å²) in [6, 6.07) is 6.01. The van der Waals surface area contributed by atoms with Gasteiger partial charge in [0.2, 0.25) is 0 Å². The minimum Gasteiger partial charge on any atom is -0.338 e. The molecule has 0 aliphatic carbocycles. The number of aryl methyl sites for hydroxylation is 1. The van der Waals surface area contributed by atoms with Crippen LogP contribution in [0, 0.1) is 6.92 Å². The SMILES string of the molecule is CCCNC(=O)N1CCN(C(=O)c2nsc3ccc(C)cc23)CC1. The Balaban J connectivity index is 1.66. The average molecular weight is 346 g/mol. The van der Waals surface area contributed by atoms with Crippen LogP contribution in [0.3, 0.4) is 0 Å². The van der Waals surface area contributed by atoms with Gasteiger partial charge >= 0.3 is 6.03 Å². The zero-order valence-corrected chi connectivity index (χ0v) is 14.9. The van der Waals surface area contributed by atoms with Crippen molar-refractivity contribution in [3.05, 3.63) is 29.5 Å². The van der Waals surface area contributed by atoms with Gasteiger partial charge < -0.3 is 15.1 Å². The third kappa shape index (κ3) is 3.36. The van der Waals surface area contributed by atoms with Crippen LogP contribution in [-0.4, -0.2) is 58.8 Å². The molecular weight excluding hydrogens is 324 g/mol. The van der Waals surface area contributed by atoms with Gasteiger partial charge in [-0.15, -0.1) is 0 Å². The number of hydrogen-bond donors (Lipinski definition) is 1. The highest BCUT2D eigenvalue weighted by molar-refractivity contribution is 7.13. The molecule has 2 heterocycles. The van der Waals surface area contributed by atoms with Crippen LogP contribution in [0.25, 0.3) is 10.1 Å². The fraction of sp³-hybridized carbons (Fsp3) is 0.471. The predicted octanol–water partition coefficient (Wildman–Crippen LogP) is 2.48. The second-order valence-corrected chi connectivity index (χ2v) is 6.85. The minimum atomic E-state index is -0.0429. The summed E-state index contributed by atoms with van der Waals surface area (Å²) in [4.78, 5) is 28.3. The van der Waals surface area contributed by atoms with E-state index in [1.54, 1.807) is 9.80 Å². The van der Waals surface area contributed by atoms with Crippen LogP contribution in [0.5, 0.6) is 0 Å². The molecule has 1 saturated heterocycles. The van der Waals surface area contributed by atoms with Gasteiger partial charge in [0.25, 0.3) is 5.91 Å². The Hall–Kier alpha value is -2.15. The molecule has 0 bridgehead atoms. The van der Waals surface area contributed by atoms with Gasteiger partial charge in [0.1, 0.15) is 5.69 Å². The highest BCUT2D eigenvalue weighted by Gasteiger charge is 2.27. The van der Waals surface area contributed by atoms with Crippen LogP contribution in [0.4, 0.5) is 4.79 Å². The zero-order valence-electron chi connectivity index (χ0n) is 14.0. The summed E-state index contributed by atoms with van der Waals surface area (Å²) in [7, 11) is 0. The summed E-state index contributed by atoms with van der Waals surface area (Å²) in [6.07, 6.45) is 0.917. The standard InChI is InChI=1S/C17H22N4O2S/c1-3-6-18-17(23)21-9-7-20(8-10-21)16(22)15-13-11-12(2)4-5-14(13)24-19-15/h4-5,11H,3,6-10H2,1-2H3,(H,18,23). The Bertz CT molecular complexity index is 750. The fourth-order valence-corrected chi connectivity index (χ4v) is 3.56. The highest BCUT2D eigenvalue weighted by Crippen LogP contribution is 2.25. The number of carbonyl (C=O) groups is 2. The lowest BCUT2D eigenvalue weighted by Gasteiger charge is -2.34. The zero-order chi connectivity index (χ0) is 17.1. The summed E-state index contributed by atoms with van der Waals surface area (Å²) >= 11 is 1.36. The lowest BCUT2D eigenvalue weighted by molar-refractivity contribution is 0.0662. The van der Waals surface area contributed by atoms with Crippen LogP contribution in [0.1, 0.15) is 29.4 Å². The molecule has 3 rings (SSSR count). The average Bonchev–Trinajstić information content (AvgIpc) is 3.02. The Morgan fingerprint density at radius 2 is 1.92 bits per heavy atom. The quantitative estimate of drug-likeness (QED) is 0.928. The summed E-state index contributed by atoms with van der Waals surface area (Å²) in [6.45, 7) is 6.93. The third-order valence-corrected chi connectivity index (χ3v) is 5.03. The molecule has 3 amide bonds. The molecule has 128 valence electrons. The van der Waals surface area contributed by atoms with E-state index >= 15 is 0 Å². The van der Waals surface area contributed by atoms with Crippen LogP contribution in [0.15, 0.2) is 18.2 Å². The van der Waals surface area contributed by atoms with Gasteiger partial charge in [0.05, 0.1) is 4.70 Å². The van der Waals surface area contributed by atoms with E-state index in [-0.39, 0.29) is 11.9 Å². The molecule has 1 aromatic carbocycles. The molecule has 2 aromatic rings. The van der Waals surface area contributed by atoms with E-state index in [1.165, 1.54) is 11.5 Å². The van der Waals surface area contributed by atoms with Crippen molar-refractivity contribution in [3.63, 3.8) is 0 Å². The maximum absolute atomic E-state index is 12.8. The van der Waals surface area contributed by atoms with E-state index in [1.807, 2.05) is 32.0 Å². The summed E-state index contributed by atoms with van der Waals surface area (Å²) < 4.78 is 5.39. The molecule has 1 aliphatic heterocycles. The van der Waals surface area contributed by atoms with Crippen molar-refractivity contribution in [1.29, 1.82) is 0 Å². The normalized spacial score (nSPS) is 14.9. The van der Waals surface area contributed by atoms with Gasteiger partial charge in [0, 0.05) is 38.1 Å². The number of nitrogens with zero attached hydrogens (tertiary/aromatic N) is 3. The van der Waals surface area contributed by atoms with Gasteiger partial charge in [0.15, 0.2) is 0 Å². The molecule has 0 unspecified atom stereocenters. The van der Waals surface area contributed by atoms with E-state index in [4.69, 9.17) is 0 Å². The Kier molecular flexibility index (Phi) is 4.99. The van der Waals surface area contributed by atoms with Crippen LogP contribution >= 0.6 is 11.5 Å². The number of benzene rings is 1. The summed E-state index contributed by atoms with van der Waals surface area (Å²) in [5, 5.41) is 3.80. The number of amides is 3. The monoisotopic (exact) mass is 346 g/mol. The summed E-state index contributed by atoms with van der Waals surface area (Å²) in [5.41, 5.74) is 1.65. The second kappa shape index (κ2) is 7.17. The van der Waals surface area contributed by atoms with Crippen LogP contribution in [0.2, 0.25) is 0 Å². The molecule has 0 radical (unpaired) electrons. The van der Waals surface area contributed by atoms with E-state index in [2.05, 4.69) is 9.69 Å². The minimum absolute atomic E-state index is 0.0412. The van der Waals surface area contributed by atoms with Crippen molar-refractivity contribution < 1.29 is 9.59 Å². The number of aromatic nitrogens is 1. The van der Waals surface area contributed by atoms with E-state index in [0.29, 0.717) is 38.4 Å². The Labute approximate surface area is 145 Å². The van der Waals surface area contributed by atoms with Crippen LogP contribution in [-0.2, 0) is 0 Å². The smallest absolute Gasteiger partial charge is 0.317 e. The third-order valence-electron chi connectivity index (χ3n) is 4.21. The molecule has 24 heavy (non-hydrogen) atoms. The topological polar surface area (TPSA) is 65.5 Å². The maximum atomic E-state index is 12.8. The number of fused-ring (bicyclic) bond motifs is 1. The first-order chi connectivity index (χ1) is 11.6. The molecule has 0 spiro atoms. The molecule has 0 saturated carbocycles. The predicted molar refractivity (Wildman–Crippen MR) is 95.5 cm³/mol. The largest absolute Gasteiger partial charge is 0.338 e. The van der Waals surface area contributed by atoms with Crippen molar-refractivity contribution in [2.24, 2.45) is 0 Å². The Morgan fingerprint density at radius 3 is 2.62 bits per heavy atom. The van der Waals surface area contributed by atoms with E-state index in [0.717, 1.165) is 22.1 Å². The highest BCUT2D eigenvalue weighted by atomic mass is 32.1. The molecule has 6 nitrogen and oxygen atoms in total. The number of rotatable bonds is 3.